The number of hydrogen-bond donors (Lipinski definition) is 0. The fraction of sp³-hybridized carbons (Fsp3) is 0.302. The SMILES string of the molecule is CC(C)(C)c1ccc2c(c1)B1c3cc4c(cc3N(c3ccc(C(C)(C)C)cc3-c3ccccc3)c3cc(N5c6ccc(-c7ccccc7)cc6C6(C)CCCCC56C)cc(c31)N2c1ccc(C(C)(C)C)cc1-c1ccccc1)C(C)(C)c1ccccc1C4(C)C. The first-order chi connectivity index (χ1) is 42.8. The van der Waals surface area contributed by atoms with Crippen LogP contribution in [0.2, 0.25) is 0 Å². The molecule has 1 saturated carbocycles. The molecule has 0 aromatic heterocycles. The third-order valence-electron chi connectivity index (χ3n) is 22.5. The van der Waals surface area contributed by atoms with Gasteiger partial charge in [0.2, 0.25) is 0 Å². The highest BCUT2D eigenvalue weighted by Crippen LogP contribution is 2.63. The van der Waals surface area contributed by atoms with Crippen LogP contribution in [0.1, 0.15) is 174 Å². The number of benzene rings is 10. The quantitative estimate of drug-likeness (QED) is 0.154. The standard InChI is InChI=1S/C86H88BN3/c1-80(2,3)59-38-42-72(63(48-59)56-31-21-17-22-32-56)88-75-44-40-61(82(7,8)9)50-70(75)87-71-53-67-68(84(12,13)66-36-26-25-35-65(66)83(67,10)11)54-76(71)89(73-43-39-60(81(4,5)6)49-64(73)57-33-23-18-24-34-57)78-52-62(51-77(88)79(78)87)90-74-41-37-58(55-29-19-16-20-30-55)47-69(74)85(14)45-27-28-46-86(85,90)15/h16-26,29-44,47-54H,27-28,45-46H2,1-15H3. The molecule has 0 N–H and O–H groups in total. The molecule has 10 aromatic carbocycles. The van der Waals surface area contributed by atoms with E-state index in [9.17, 15) is 0 Å². The van der Waals surface area contributed by atoms with Gasteiger partial charge in [-0.05, 0) is 180 Å². The average Bonchev–Trinajstić information content (AvgIpc) is 1.00. The third kappa shape index (κ3) is 8.65. The third-order valence-corrected chi connectivity index (χ3v) is 22.5. The van der Waals surface area contributed by atoms with Crippen molar-refractivity contribution >= 4 is 68.6 Å². The number of nitrogens with zero attached hydrogens (tertiary/aromatic N) is 3. The fourth-order valence-electron chi connectivity index (χ4n) is 17.1. The monoisotopic (exact) mass is 1170 g/mol. The van der Waals surface area contributed by atoms with Gasteiger partial charge in [0.15, 0.2) is 0 Å². The minimum absolute atomic E-state index is 0.0789. The minimum atomic E-state index is -0.292. The maximum atomic E-state index is 2.85. The number of rotatable bonds is 6. The van der Waals surface area contributed by atoms with Crippen molar-refractivity contribution in [3.05, 3.63) is 257 Å². The molecular formula is C86H88BN3. The summed E-state index contributed by atoms with van der Waals surface area (Å²) in [7, 11) is 0. The van der Waals surface area contributed by atoms with Gasteiger partial charge >= 0.3 is 0 Å². The van der Waals surface area contributed by atoms with E-state index < -0.39 is 0 Å². The molecule has 0 amide bonds. The molecule has 450 valence electrons. The zero-order valence-electron chi connectivity index (χ0n) is 56.0. The minimum Gasteiger partial charge on any atom is -0.334 e. The van der Waals surface area contributed by atoms with E-state index in [1.165, 1.54) is 153 Å². The second kappa shape index (κ2) is 20.1. The lowest BCUT2D eigenvalue weighted by molar-refractivity contribution is 0.195. The Balaban J connectivity index is 1.12. The van der Waals surface area contributed by atoms with Gasteiger partial charge in [-0.1, -0.05) is 261 Å². The van der Waals surface area contributed by atoms with E-state index >= 15 is 0 Å². The topological polar surface area (TPSA) is 9.72 Å². The molecule has 0 radical (unpaired) electrons. The van der Waals surface area contributed by atoms with Crippen molar-refractivity contribution in [2.75, 3.05) is 14.7 Å². The van der Waals surface area contributed by atoms with Crippen LogP contribution in [0, 0.1) is 0 Å². The lowest BCUT2D eigenvalue weighted by Gasteiger charge is -2.51. The molecule has 2 atom stereocenters. The van der Waals surface area contributed by atoms with Crippen molar-refractivity contribution in [2.45, 2.75) is 168 Å². The van der Waals surface area contributed by atoms with E-state index in [-0.39, 0.29) is 44.7 Å². The van der Waals surface area contributed by atoms with Gasteiger partial charge in [-0.3, -0.25) is 0 Å². The zero-order chi connectivity index (χ0) is 62.8. The number of hydrogen-bond acceptors (Lipinski definition) is 3. The van der Waals surface area contributed by atoms with Crippen LogP contribution in [0.25, 0.3) is 33.4 Å². The molecule has 2 unspecified atom stereocenters. The molecular weight excluding hydrogens is 1090 g/mol. The molecule has 0 spiro atoms. The van der Waals surface area contributed by atoms with Crippen molar-refractivity contribution in [1.82, 2.24) is 0 Å². The average molecular weight is 1170 g/mol. The molecule has 1 fully saturated rings. The number of anilines is 8. The summed E-state index contributed by atoms with van der Waals surface area (Å²) in [5.41, 5.74) is 31.1. The summed E-state index contributed by atoms with van der Waals surface area (Å²) in [6.07, 6.45) is 4.60. The Morgan fingerprint density at radius 3 is 1.29 bits per heavy atom. The molecule has 3 nitrogen and oxygen atoms in total. The van der Waals surface area contributed by atoms with Gasteiger partial charge < -0.3 is 14.7 Å². The first kappa shape index (κ1) is 58.1. The van der Waals surface area contributed by atoms with Crippen LogP contribution in [-0.2, 0) is 32.5 Å². The predicted octanol–water partition coefficient (Wildman–Crippen LogP) is 21.4. The summed E-state index contributed by atoms with van der Waals surface area (Å²) in [5.74, 6) is 0. The van der Waals surface area contributed by atoms with Crippen molar-refractivity contribution < 1.29 is 0 Å². The van der Waals surface area contributed by atoms with Gasteiger partial charge in [-0.2, -0.15) is 0 Å². The van der Waals surface area contributed by atoms with E-state index in [1.807, 2.05) is 0 Å². The van der Waals surface area contributed by atoms with Crippen LogP contribution < -0.4 is 31.1 Å². The van der Waals surface area contributed by atoms with Crippen molar-refractivity contribution in [1.29, 1.82) is 0 Å². The highest BCUT2D eigenvalue weighted by atomic mass is 15.3. The van der Waals surface area contributed by atoms with Gasteiger partial charge in [0, 0.05) is 61.5 Å². The maximum Gasteiger partial charge on any atom is 0.252 e. The molecule has 10 aromatic rings. The van der Waals surface area contributed by atoms with Gasteiger partial charge in [-0.15, -0.1) is 0 Å². The van der Waals surface area contributed by atoms with E-state index in [0.29, 0.717) is 0 Å². The smallest absolute Gasteiger partial charge is 0.252 e. The van der Waals surface area contributed by atoms with Crippen molar-refractivity contribution in [3.8, 4) is 33.4 Å². The van der Waals surface area contributed by atoms with E-state index in [1.54, 1.807) is 0 Å². The van der Waals surface area contributed by atoms with Crippen LogP contribution >= 0.6 is 0 Å². The molecule has 0 saturated heterocycles. The van der Waals surface area contributed by atoms with Crippen LogP contribution in [-0.4, -0.2) is 12.3 Å². The van der Waals surface area contributed by atoms with Gasteiger partial charge in [0.25, 0.3) is 6.71 Å². The predicted molar refractivity (Wildman–Crippen MR) is 386 cm³/mol. The van der Waals surface area contributed by atoms with Crippen LogP contribution in [0.4, 0.5) is 45.5 Å². The lowest BCUT2D eigenvalue weighted by atomic mass is 9.33. The summed E-state index contributed by atoms with van der Waals surface area (Å²) in [6, 6.07) is 83.4. The molecule has 3 aliphatic heterocycles. The van der Waals surface area contributed by atoms with Crippen LogP contribution in [0.15, 0.2) is 212 Å². The molecule has 15 rings (SSSR count). The molecule has 3 heterocycles. The fourth-order valence-corrected chi connectivity index (χ4v) is 17.1. The first-order valence-electron chi connectivity index (χ1n) is 33.4. The second-order valence-corrected chi connectivity index (χ2v) is 31.7. The lowest BCUT2D eigenvalue weighted by Crippen LogP contribution is -2.62. The van der Waals surface area contributed by atoms with Crippen LogP contribution in [0.3, 0.4) is 0 Å². The zero-order valence-corrected chi connectivity index (χ0v) is 56.0. The summed E-state index contributed by atoms with van der Waals surface area (Å²) in [5, 5.41) is 0. The normalized spacial score (nSPS) is 19.3. The summed E-state index contributed by atoms with van der Waals surface area (Å²) >= 11 is 0. The largest absolute Gasteiger partial charge is 0.334 e. The first-order valence-corrected chi connectivity index (χ1v) is 33.4. The molecule has 5 aliphatic rings. The van der Waals surface area contributed by atoms with E-state index in [0.717, 1.165) is 12.8 Å². The van der Waals surface area contributed by atoms with Gasteiger partial charge in [-0.25, -0.2) is 0 Å². The highest BCUT2D eigenvalue weighted by Gasteiger charge is 2.59. The summed E-state index contributed by atoms with van der Waals surface area (Å²) < 4.78 is 0. The van der Waals surface area contributed by atoms with Gasteiger partial charge in [0.05, 0.1) is 16.9 Å². The Morgan fingerprint density at radius 1 is 0.333 bits per heavy atom. The maximum absolute atomic E-state index is 2.85. The Morgan fingerprint density at radius 2 is 0.767 bits per heavy atom. The number of fused-ring (bicyclic) bond motifs is 9. The molecule has 4 heteroatoms. The Labute approximate surface area is 538 Å². The van der Waals surface area contributed by atoms with Crippen molar-refractivity contribution in [3.63, 3.8) is 0 Å². The second-order valence-electron chi connectivity index (χ2n) is 31.7. The van der Waals surface area contributed by atoms with Crippen LogP contribution in [0.5, 0.6) is 0 Å². The molecule has 2 aliphatic carbocycles. The molecule has 90 heavy (non-hydrogen) atoms. The van der Waals surface area contributed by atoms with Crippen molar-refractivity contribution in [2.24, 2.45) is 0 Å². The Bertz CT molecular complexity index is 4530. The molecule has 0 bridgehead atoms. The Kier molecular flexibility index (Phi) is 13.0. The Hall–Kier alpha value is -8.34. The van der Waals surface area contributed by atoms with E-state index in [4.69, 9.17) is 0 Å². The van der Waals surface area contributed by atoms with Gasteiger partial charge in [0.1, 0.15) is 0 Å². The summed E-state index contributed by atoms with van der Waals surface area (Å²) in [4.78, 5) is 8.34. The highest BCUT2D eigenvalue weighted by molar-refractivity contribution is 7.00. The summed E-state index contributed by atoms with van der Waals surface area (Å²) in [6.45, 7) is 36.3. The van der Waals surface area contributed by atoms with E-state index in [2.05, 4.69) is 331 Å².